The summed E-state index contributed by atoms with van der Waals surface area (Å²) < 4.78 is 13.4. The van der Waals surface area contributed by atoms with Crippen molar-refractivity contribution < 1.29 is 9.47 Å². The summed E-state index contributed by atoms with van der Waals surface area (Å²) in [6.45, 7) is 5.57. The average Bonchev–Trinajstić information content (AvgIpc) is 3.21. The van der Waals surface area contributed by atoms with Gasteiger partial charge in [0.15, 0.2) is 5.16 Å². The fraction of sp³-hybridized carbons (Fsp3) is 0.318. The average molecular weight is 422 g/mol. The zero-order valence-corrected chi connectivity index (χ0v) is 17.6. The lowest BCUT2D eigenvalue weighted by Gasteiger charge is -2.28. The number of anilines is 1. The molecule has 0 saturated carbocycles. The van der Waals surface area contributed by atoms with Crippen LogP contribution in [0.4, 0.5) is 5.95 Å². The zero-order chi connectivity index (χ0) is 20.8. The van der Waals surface area contributed by atoms with Gasteiger partial charge in [-0.1, -0.05) is 30.0 Å². The number of rotatable bonds is 7. The largest absolute Gasteiger partial charge is 0.493 e. The van der Waals surface area contributed by atoms with E-state index in [2.05, 4.69) is 50.9 Å². The van der Waals surface area contributed by atoms with Gasteiger partial charge in [-0.2, -0.15) is 5.26 Å². The first-order valence-electron chi connectivity index (χ1n) is 9.85. The lowest BCUT2D eigenvalue weighted by molar-refractivity contribution is 0.122. The quantitative estimate of drug-likeness (QED) is 0.427. The number of hydrogen-bond donors (Lipinski definition) is 0. The molecule has 8 heteroatoms. The molecule has 7 nitrogen and oxygen atoms in total. The Balaban J connectivity index is 1.49. The first-order valence-corrected chi connectivity index (χ1v) is 10.8. The molecule has 3 aromatic rings. The van der Waals surface area contributed by atoms with Crippen molar-refractivity contribution in [2.24, 2.45) is 0 Å². The molecule has 0 atom stereocenters. The number of ether oxygens (including phenoxy) is 2. The molecular formula is C22H23N5O2S. The molecule has 2 aromatic carbocycles. The smallest absolute Gasteiger partial charge is 0.232 e. The molecule has 2 heterocycles. The molecule has 154 valence electrons. The van der Waals surface area contributed by atoms with Crippen molar-refractivity contribution in [1.29, 1.82) is 5.26 Å². The molecule has 0 spiro atoms. The predicted octanol–water partition coefficient (Wildman–Crippen LogP) is 3.46. The van der Waals surface area contributed by atoms with Gasteiger partial charge in [0.05, 0.1) is 37.1 Å². The summed E-state index contributed by atoms with van der Waals surface area (Å²) in [7, 11) is 0. The van der Waals surface area contributed by atoms with Gasteiger partial charge < -0.3 is 14.4 Å². The summed E-state index contributed by atoms with van der Waals surface area (Å²) in [6.07, 6.45) is 0. The van der Waals surface area contributed by atoms with Gasteiger partial charge in [0.25, 0.3) is 0 Å². The first-order chi connectivity index (χ1) is 14.7. The summed E-state index contributed by atoms with van der Waals surface area (Å²) in [5.74, 6) is 2.25. The number of hydrogen-bond acceptors (Lipinski definition) is 7. The van der Waals surface area contributed by atoms with Gasteiger partial charge in [-0.15, -0.1) is 10.2 Å². The van der Waals surface area contributed by atoms with Crippen LogP contribution in [0.2, 0.25) is 0 Å². The van der Waals surface area contributed by atoms with Gasteiger partial charge >= 0.3 is 0 Å². The third-order valence-electron chi connectivity index (χ3n) is 4.72. The molecule has 1 saturated heterocycles. The molecule has 0 amide bonds. The minimum Gasteiger partial charge on any atom is -0.493 e. The number of thioether (sulfide) groups is 1. The van der Waals surface area contributed by atoms with E-state index in [-0.39, 0.29) is 0 Å². The highest BCUT2D eigenvalue weighted by Gasteiger charge is 2.21. The number of nitrogens with zero attached hydrogens (tertiary/aromatic N) is 5. The minimum atomic E-state index is 0.507. The van der Waals surface area contributed by atoms with Crippen molar-refractivity contribution in [3.05, 3.63) is 59.7 Å². The summed E-state index contributed by atoms with van der Waals surface area (Å²) in [4.78, 5) is 2.22. The Labute approximate surface area is 180 Å². The van der Waals surface area contributed by atoms with Gasteiger partial charge in [-0.25, -0.2) is 0 Å². The van der Waals surface area contributed by atoms with Crippen molar-refractivity contribution in [2.45, 2.75) is 12.1 Å². The van der Waals surface area contributed by atoms with Crippen LogP contribution in [-0.4, -0.2) is 53.4 Å². The van der Waals surface area contributed by atoms with Gasteiger partial charge in [0, 0.05) is 18.8 Å². The van der Waals surface area contributed by atoms with E-state index in [4.69, 9.17) is 14.7 Å². The maximum absolute atomic E-state index is 9.01. The van der Waals surface area contributed by atoms with Crippen molar-refractivity contribution in [3.63, 3.8) is 0 Å². The molecule has 0 aliphatic carbocycles. The van der Waals surface area contributed by atoms with E-state index >= 15 is 0 Å². The molecule has 1 aromatic heterocycles. The highest BCUT2D eigenvalue weighted by molar-refractivity contribution is 7.99. The Morgan fingerprint density at radius 2 is 1.97 bits per heavy atom. The molecule has 1 aliphatic rings. The molecular weight excluding hydrogens is 398 g/mol. The predicted molar refractivity (Wildman–Crippen MR) is 117 cm³/mol. The van der Waals surface area contributed by atoms with Crippen molar-refractivity contribution >= 4 is 17.7 Å². The third-order valence-corrected chi connectivity index (χ3v) is 5.61. The van der Waals surface area contributed by atoms with Crippen LogP contribution >= 0.6 is 11.8 Å². The summed E-state index contributed by atoms with van der Waals surface area (Å²) in [6, 6.07) is 17.7. The Morgan fingerprint density at radius 1 is 1.13 bits per heavy atom. The van der Waals surface area contributed by atoms with E-state index < -0.39 is 0 Å². The van der Waals surface area contributed by atoms with E-state index in [1.165, 1.54) is 5.56 Å². The molecule has 0 unspecified atom stereocenters. The standard InChI is InChI=1S/C22H23N5O2S/c1-17-4-2-6-19(14-17)27-21(26-8-10-28-11-9-26)24-25-22(27)30-13-12-29-20-7-3-5-18(15-20)16-23/h2-7,14-15H,8-13H2,1H3. The van der Waals surface area contributed by atoms with Gasteiger partial charge in [-0.05, 0) is 42.8 Å². The maximum Gasteiger partial charge on any atom is 0.232 e. The van der Waals surface area contributed by atoms with Crippen LogP contribution in [0.5, 0.6) is 5.75 Å². The summed E-state index contributed by atoms with van der Waals surface area (Å²) >= 11 is 1.60. The van der Waals surface area contributed by atoms with E-state index in [0.29, 0.717) is 36.9 Å². The lowest BCUT2D eigenvalue weighted by atomic mass is 10.2. The molecule has 4 rings (SSSR count). The van der Waals surface area contributed by atoms with E-state index in [0.717, 1.165) is 29.9 Å². The molecule has 0 radical (unpaired) electrons. The SMILES string of the molecule is Cc1cccc(-n2c(SCCOc3cccc(C#N)c3)nnc2N2CCOCC2)c1. The number of aromatic nitrogens is 3. The second-order valence-electron chi connectivity index (χ2n) is 6.89. The third kappa shape index (κ3) is 4.75. The summed E-state index contributed by atoms with van der Waals surface area (Å²) in [5, 5.41) is 18.8. The van der Waals surface area contributed by atoms with E-state index in [9.17, 15) is 0 Å². The van der Waals surface area contributed by atoms with Crippen LogP contribution in [0.1, 0.15) is 11.1 Å². The fourth-order valence-electron chi connectivity index (χ4n) is 3.26. The van der Waals surface area contributed by atoms with Crippen LogP contribution in [-0.2, 0) is 4.74 Å². The normalized spacial score (nSPS) is 13.8. The molecule has 30 heavy (non-hydrogen) atoms. The Kier molecular flexibility index (Phi) is 6.52. The van der Waals surface area contributed by atoms with Crippen molar-refractivity contribution in [1.82, 2.24) is 14.8 Å². The van der Waals surface area contributed by atoms with Gasteiger partial charge in [0.2, 0.25) is 5.95 Å². The molecule has 1 aliphatic heterocycles. The lowest BCUT2D eigenvalue weighted by Crippen LogP contribution is -2.37. The van der Waals surface area contributed by atoms with Crippen molar-refractivity contribution in [2.75, 3.05) is 43.6 Å². The molecule has 0 bridgehead atoms. The highest BCUT2D eigenvalue weighted by atomic mass is 32.2. The molecule has 0 N–H and O–H groups in total. The Morgan fingerprint density at radius 3 is 2.77 bits per heavy atom. The Hall–Kier alpha value is -3.02. The van der Waals surface area contributed by atoms with E-state index in [1.807, 2.05) is 18.2 Å². The number of benzene rings is 2. The van der Waals surface area contributed by atoms with Crippen LogP contribution in [0, 0.1) is 18.3 Å². The monoisotopic (exact) mass is 421 g/mol. The van der Waals surface area contributed by atoms with Gasteiger partial charge in [0.1, 0.15) is 5.75 Å². The molecule has 1 fully saturated rings. The number of morpholine rings is 1. The van der Waals surface area contributed by atoms with Crippen molar-refractivity contribution in [3.8, 4) is 17.5 Å². The van der Waals surface area contributed by atoms with Crippen LogP contribution < -0.4 is 9.64 Å². The first kappa shape index (κ1) is 20.3. The van der Waals surface area contributed by atoms with Gasteiger partial charge in [-0.3, -0.25) is 4.57 Å². The fourth-order valence-corrected chi connectivity index (χ4v) is 4.03. The number of aryl methyl sites for hydroxylation is 1. The van der Waals surface area contributed by atoms with Crippen LogP contribution in [0.3, 0.4) is 0 Å². The van der Waals surface area contributed by atoms with E-state index in [1.54, 1.807) is 23.9 Å². The number of nitriles is 1. The minimum absolute atomic E-state index is 0.507. The second-order valence-corrected chi connectivity index (χ2v) is 7.96. The Bertz CT molecular complexity index is 1040. The maximum atomic E-state index is 9.01. The van der Waals surface area contributed by atoms with Crippen LogP contribution in [0.15, 0.2) is 53.7 Å². The second kappa shape index (κ2) is 9.65. The topological polar surface area (TPSA) is 76.2 Å². The zero-order valence-electron chi connectivity index (χ0n) is 16.8. The summed E-state index contributed by atoms with van der Waals surface area (Å²) in [5.41, 5.74) is 2.83. The van der Waals surface area contributed by atoms with Crippen LogP contribution in [0.25, 0.3) is 5.69 Å². The highest BCUT2D eigenvalue weighted by Crippen LogP contribution is 2.27.